The molecule has 0 radical (unpaired) electrons. The first-order chi connectivity index (χ1) is 15.5. The van der Waals surface area contributed by atoms with Crippen LogP contribution in [0.15, 0.2) is 121 Å². The molecule has 0 aromatic heterocycles. The molecule has 0 aliphatic carbocycles. The van der Waals surface area contributed by atoms with Gasteiger partial charge in [0.15, 0.2) is 0 Å². The minimum atomic E-state index is -3.95. The molecule has 3 nitrogen and oxygen atoms in total. The fourth-order valence-corrected chi connectivity index (χ4v) is 13.1. The van der Waals surface area contributed by atoms with Gasteiger partial charge < -0.3 is 0 Å². The molecule has 0 N–H and O–H groups in total. The molecule has 164 valence electrons. The quantitative estimate of drug-likeness (QED) is 0.346. The third-order valence-electron chi connectivity index (χ3n) is 5.97. The maximum absolute atomic E-state index is 13.7. The number of benzene rings is 4. The first kappa shape index (κ1) is 22.4. The van der Waals surface area contributed by atoms with Gasteiger partial charge in [-0.25, -0.2) is 0 Å². The van der Waals surface area contributed by atoms with Crippen molar-refractivity contribution < 1.29 is 12.4 Å². The van der Waals surface area contributed by atoms with E-state index >= 15 is 0 Å². The van der Waals surface area contributed by atoms with E-state index in [0.717, 1.165) is 15.9 Å². The van der Waals surface area contributed by atoms with E-state index in [2.05, 4.69) is 0 Å². The van der Waals surface area contributed by atoms with E-state index in [1.165, 1.54) is 0 Å². The summed E-state index contributed by atoms with van der Waals surface area (Å²) >= 11 is 0. The zero-order valence-corrected chi connectivity index (χ0v) is 19.8. The van der Waals surface area contributed by atoms with Crippen LogP contribution in [0, 0.1) is 0 Å². The van der Waals surface area contributed by atoms with E-state index in [-0.39, 0.29) is 5.75 Å². The molecule has 4 rings (SSSR count). The van der Waals surface area contributed by atoms with Crippen LogP contribution in [0.1, 0.15) is 12.5 Å². The molecule has 0 fully saturated rings. The molecule has 0 atom stereocenters. The van der Waals surface area contributed by atoms with Crippen LogP contribution in [-0.4, -0.2) is 14.6 Å². The van der Waals surface area contributed by atoms with Gasteiger partial charge in [-0.2, -0.15) is 0 Å². The summed E-state index contributed by atoms with van der Waals surface area (Å²) in [7, 11) is -3.95. The van der Waals surface area contributed by atoms with Crippen LogP contribution in [0.3, 0.4) is 0 Å². The van der Waals surface area contributed by atoms with Gasteiger partial charge in [0, 0.05) is 0 Å². The molecule has 0 bridgehead atoms. The van der Waals surface area contributed by atoms with Gasteiger partial charge in [-0.1, -0.05) is 0 Å². The van der Waals surface area contributed by atoms with Crippen molar-refractivity contribution in [2.45, 2.75) is 12.7 Å². The van der Waals surface area contributed by atoms with E-state index < -0.39 is 16.9 Å². The van der Waals surface area contributed by atoms with Crippen molar-refractivity contribution >= 4 is 32.9 Å². The third-order valence-corrected chi connectivity index (χ3v) is 14.3. The van der Waals surface area contributed by atoms with Crippen molar-refractivity contribution in [3.8, 4) is 0 Å². The van der Waals surface area contributed by atoms with Crippen LogP contribution < -0.4 is 15.9 Å². The van der Waals surface area contributed by atoms with Gasteiger partial charge in [-0.15, -0.1) is 0 Å². The maximum atomic E-state index is 13.7. The molecule has 0 saturated heterocycles. The SMILES string of the molecule is CCP(OS(=O)(=O)Cc1ccccc1)(c1ccccc1)(c1ccccc1)c1ccccc1. The van der Waals surface area contributed by atoms with E-state index in [0.29, 0.717) is 11.7 Å². The number of rotatable bonds is 8. The van der Waals surface area contributed by atoms with Crippen LogP contribution in [0.25, 0.3) is 0 Å². The van der Waals surface area contributed by atoms with Gasteiger partial charge in [-0.05, 0) is 0 Å². The average Bonchev–Trinajstić information content (AvgIpc) is 2.85. The molecule has 4 aromatic carbocycles. The molecule has 0 heterocycles. The van der Waals surface area contributed by atoms with Crippen LogP contribution in [0.2, 0.25) is 0 Å². The normalized spacial score (nSPS) is 13.2. The second kappa shape index (κ2) is 8.99. The molecule has 0 spiro atoms. The van der Waals surface area contributed by atoms with Gasteiger partial charge in [0.2, 0.25) is 0 Å². The molecule has 4 aromatic rings. The number of hydrogen-bond donors (Lipinski definition) is 0. The minimum absolute atomic E-state index is 0.182. The first-order valence-corrected chi connectivity index (χ1v) is 14.6. The summed E-state index contributed by atoms with van der Waals surface area (Å²) in [4.78, 5) is 0. The summed E-state index contributed by atoms with van der Waals surface area (Å²) in [5.41, 5.74) is 0.703. The average molecular weight is 463 g/mol. The molecule has 32 heavy (non-hydrogen) atoms. The van der Waals surface area contributed by atoms with Gasteiger partial charge in [0.05, 0.1) is 0 Å². The predicted molar refractivity (Wildman–Crippen MR) is 136 cm³/mol. The summed E-state index contributed by atoms with van der Waals surface area (Å²) in [5.74, 6) is -0.182. The van der Waals surface area contributed by atoms with E-state index in [9.17, 15) is 8.42 Å². The second-order valence-corrected chi connectivity index (χ2v) is 14.4. The van der Waals surface area contributed by atoms with Crippen molar-refractivity contribution in [3.05, 3.63) is 127 Å². The molecule has 0 unspecified atom stereocenters. The molecular formula is C27H27O3PS. The van der Waals surface area contributed by atoms with Crippen LogP contribution in [0.4, 0.5) is 0 Å². The Morgan fingerprint density at radius 2 is 0.938 bits per heavy atom. The molecule has 0 aliphatic heterocycles. The summed E-state index contributed by atoms with van der Waals surface area (Å²) < 4.78 is 34.0. The topological polar surface area (TPSA) is 43.4 Å². The summed E-state index contributed by atoms with van der Waals surface area (Å²) in [5, 5.41) is 2.69. The second-order valence-electron chi connectivity index (χ2n) is 7.80. The Kier molecular flexibility index (Phi) is 6.30. The fraction of sp³-hybridized carbons (Fsp3) is 0.111. The van der Waals surface area contributed by atoms with Crippen molar-refractivity contribution in [2.75, 3.05) is 6.16 Å². The molecule has 5 heteroatoms. The Balaban J connectivity index is 2.04. The van der Waals surface area contributed by atoms with Crippen molar-refractivity contribution in [2.24, 2.45) is 0 Å². The summed E-state index contributed by atoms with van der Waals surface area (Å²) in [6.07, 6.45) is 0.512. The van der Waals surface area contributed by atoms with Crippen LogP contribution in [0.5, 0.6) is 0 Å². The zero-order chi connectivity index (χ0) is 22.5. The number of hydrogen-bond acceptors (Lipinski definition) is 3. The molecular weight excluding hydrogens is 435 g/mol. The van der Waals surface area contributed by atoms with Gasteiger partial charge >= 0.3 is 191 Å². The Morgan fingerprint density at radius 1 is 0.594 bits per heavy atom. The van der Waals surface area contributed by atoms with Gasteiger partial charge in [0.25, 0.3) is 0 Å². The zero-order valence-electron chi connectivity index (χ0n) is 18.0. The standard InChI is InChI=1S/C27H27O3PS/c1-2-31(25-17-9-4-10-18-25,26-19-11-5-12-20-26,27-21-13-6-14-22-27)30-32(28,29)23-24-15-7-3-8-16-24/h3-22H,2,23H2,1H3. The van der Waals surface area contributed by atoms with Crippen LogP contribution in [-0.2, 0) is 19.8 Å². The van der Waals surface area contributed by atoms with E-state index in [4.69, 9.17) is 3.97 Å². The molecule has 0 saturated carbocycles. The van der Waals surface area contributed by atoms with Crippen molar-refractivity contribution in [1.82, 2.24) is 0 Å². The fourth-order valence-electron chi connectivity index (χ4n) is 4.46. The molecule has 0 aliphatic rings. The van der Waals surface area contributed by atoms with E-state index in [1.54, 1.807) is 0 Å². The molecule has 0 amide bonds. The Bertz CT molecular complexity index is 1160. The third kappa shape index (κ3) is 3.91. The van der Waals surface area contributed by atoms with Gasteiger partial charge in [-0.3, -0.25) is 0 Å². The summed E-state index contributed by atoms with van der Waals surface area (Å²) in [6, 6.07) is 38.7. The van der Waals surface area contributed by atoms with Crippen LogP contribution >= 0.6 is 6.83 Å². The van der Waals surface area contributed by atoms with Crippen molar-refractivity contribution in [1.29, 1.82) is 0 Å². The Hall–Kier alpha value is -2.78. The van der Waals surface area contributed by atoms with E-state index in [1.807, 2.05) is 128 Å². The Labute approximate surface area is 190 Å². The van der Waals surface area contributed by atoms with Gasteiger partial charge in [0.1, 0.15) is 0 Å². The predicted octanol–water partition coefficient (Wildman–Crippen LogP) is 5.00. The Morgan fingerprint density at radius 3 is 1.28 bits per heavy atom. The monoisotopic (exact) mass is 462 g/mol. The first-order valence-electron chi connectivity index (χ1n) is 10.7. The summed E-state index contributed by atoms with van der Waals surface area (Å²) in [6.45, 7) is -1.82. The van der Waals surface area contributed by atoms with Crippen molar-refractivity contribution in [3.63, 3.8) is 0 Å².